The zero-order valence-corrected chi connectivity index (χ0v) is 15.5. The summed E-state index contributed by atoms with van der Waals surface area (Å²) in [5, 5.41) is 23.5. The maximum absolute atomic E-state index is 10.9. The molecule has 1 saturated heterocycles. The van der Waals surface area contributed by atoms with Crippen molar-refractivity contribution in [1.29, 1.82) is 5.26 Å². The number of nitriles is 1. The molecule has 1 heterocycles. The number of nitro groups is 1. The van der Waals surface area contributed by atoms with E-state index in [-0.39, 0.29) is 11.3 Å². The normalized spacial score (nSPS) is 17.3. The number of hydrogen-bond acceptors (Lipinski definition) is 5. The largest absolute Gasteiger partial charge is 0.380 e. The lowest BCUT2D eigenvalue weighted by atomic mass is 9.99. The molecule has 0 aliphatic carbocycles. The number of rotatable bonds is 6. The van der Waals surface area contributed by atoms with E-state index in [4.69, 9.17) is 0 Å². The van der Waals surface area contributed by atoms with E-state index in [1.807, 2.05) is 12.1 Å². The van der Waals surface area contributed by atoms with Gasteiger partial charge in [-0.25, -0.2) is 0 Å². The molecule has 1 fully saturated rings. The number of nitrogens with one attached hydrogen (secondary N) is 1. The van der Waals surface area contributed by atoms with Gasteiger partial charge in [0, 0.05) is 31.8 Å². The van der Waals surface area contributed by atoms with Crippen LogP contribution < -0.4 is 5.32 Å². The van der Waals surface area contributed by atoms with Crippen molar-refractivity contribution in [2.45, 2.75) is 32.9 Å². The summed E-state index contributed by atoms with van der Waals surface area (Å²) in [6, 6.07) is 14.7. The number of likely N-dealkylation sites (tertiary alicyclic amines) is 1. The molecule has 1 atom stereocenters. The third-order valence-electron chi connectivity index (χ3n) is 5.06. The third kappa shape index (κ3) is 4.83. The Morgan fingerprint density at radius 1 is 1.30 bits per heavy atom. The van der Waals surface area contributed by atoms with Crippen LogP contribution in [0, 0.1) is 27.4 Å². The Balaban J connectivity index is 1.72. The van der Waals surface area contributed by atoms with Crippen molar-refractivity contribution < 1.29 is 4.92 Å². The van der Waals surface area contributed by atoms with E-state index in [0.717, 1.165) is 25.6 Å². The highest BCUT2D eigenvalue weighted by Crippen LogP contribution is 2.23. The van der Waals surface area contributed by atoms with Crippen LogP contribution in [0.15, 0.2) is 42.5 Å². The molecule has 0 amide bonds. The smallest absolute Gasteiger partial charge is 0.270 e. The summed E-state index contributed by atoms with van der Waals surface area (Å²) < 4.78 is 0. The number of hydrogen-bond donors (Lipinski definition) is 1. The molecular weight excluding hydrogens is 340 g/mol. The van der Waals surface area contributed by atoms with Gasteiger partial charge in [0.25, 0.3) is 5.69 Å². The SMILES string of the molecule is CC1CCCN(Cc2ccccc2CNc2ccc([N+](=O)[O-])cc2C#N)C1. The summed E-state index contributed by atoms with van der Waals surface area (Å²) >= 11 is 0. The highest BCUT2D eigenvalue weighted by atomic mass is 16.6. The molecule has 6 nitrogen and oxygen atoms in total. The zero-order valence-electron chi connectivity index (χ0n) is 15.5. The minimum absolute atomic E-state index is 0.0725. The Morgan fingerprint density at radius 2 is 2.07 bits per heavy atom. The summed E-state index contributed by atoms with van der Waals surface area (Å²) in [6.45, 7) is 6.06. The van der Waals surface area contributed by atoms with E-state index in [2.05, 4.69) is 35.3 Å². The summed E-state index contributed by atoms with van der Waals surface area (Å²) in [5.41, 5.74) is 3.28. The zero-order chi connectivity index (χ0) is 19.2. The van der Waals surface area contributed by atoms with E-state index in [1.165, 1.54) is 36.1 Å². The average molecular weight is 364 g/mol. The fourth-order valence-electron chi connectivity index (χ4n) is 3.64. The van der Waals surface area contributed by atoms with Crippen LogP contribution in [0.1, 0.15) is 36.5 Å². The molecule has 27 heavy (non-hydrogen) atoms. The average Bonchev–Trinajstić information content (AvgIpc) is 2.67. The summed E-state index contributed by atoms with van der Waals surface area (Å²) in [6.07, 6.45) is 2.55. The number of nitrogens with zero attached hydrogens (tertiary/aromatic N) is 3. The fraction of sp³-hybridized carbons (Fsp3) is 0.381. The van der Waals surface area contributed by atoms with Gasteiger partial charge in [-0.3, -0.25) is 15.0 Å². The van der Waals surface area contributed by atoms with E-state index in [9.17, 15) is 15.4 Å². The van der Waals surface area contributed by atoms with Gasteiger partial charge in [-0.15, -0.1) is 0 Å². The monoisotopic (exact) mass is 364 g/mol. The van der Waals surface area contributed by atoms with E-state index in [1.54, 1.807) is 6.07 Å². The maximum Gasteiger partial charge on any atom is 0.270 e. The molecule has 1 N–H and O–H groups in total. The Kier molecular flexibility index (Phi) is 6.05. The van der Waals surface area contributed by atoms with Crippen molar-refractivity contribution in [1.82, 2.24) is 4.90 Å². The van der Waals surface area contributed by atoms with Crippen molar-refractivity contribution in [2.24, 2.45) is 5.92 Å². The quantitative estimate of drug-likeness (QED) is 0.610. The second-order valence-electron chi connectivity index (χ2n) is 7.20. The molecule has 1 unspecified atom stereocenters. The van der Waals surface area contributed by atoms with Crippen LogP contribution in [0.4, 0.5) is 11.4 Å². The standard InChI is InChI=1S/C21H24N4O2/c1-16-5-4-10-24(14-16)15-18-7-3-2-6-17(18)13-23-21-9-8-20(25(26)27)11-19(21)12-22/h2-3,6-9,11,16,23H,4-5,10,13-15H2,1H3. The summed E-state index contributed by atoms with van der Waals surface area (Å²) in [5.74, 6) is 0.738. The number of anilines is 1. The van der Waals surface area contributed by atoms with Crippen molar-refractivity contribution in [3.05, 3.63) is 69.3 Å². The van der Waals surface area contributed by atoms with Crippen molar-refractivity contribution in [2.75, 3.05) is 18.4 Å². The molecular formula is C21H24N4O2. The number of piperidine rings is 1. The van der Waals surface area contributed by atoms with E-state index >= 15 is 0 Å². The molecule has 6 heteroatoms. The van der Waals surface area contributed by atoms with Crippen molar-refractivity contribution >= 4 is 11.4 Å². The second kappa shape index (κ2) is 8.65. The molecule has 3 rings (SSSR count). The molecule has 1 aliphatic heterocycles. The van der Waals surface area contributed by atoms with Gasteiger partial charge < -0.3 is 5.32 Å². The summed E-state index contributed by atoms with van der Waals surface area (Å²) in [4.78, 5) is 12.9. The number of benzene rings is 2. The van der Waals surface area contributed by atoms with Crippen LogP contribution in [0.25, 0.3) is 0 Å². The van der Waals surface area contributed by atoms with Gasteiger partial charge in [-0.05, 0) is 42.5 Å². The van der Waals surface area contributed by atoms with E-state index < -0.39 is 4.92 Å². The number of nitro benzene ring substituents is 1. The number of non-ortho nitro benzene ring substituents is 1. The molecule has 0 radical (unpaired) electrons. The Labute approximate surface area is 159 Å². The topological polar surface area (TPSA) is 82.2 Å². The van der Waals surface area contributed by atoms with Gasteiger partial charge in [-0.2, -0.15) is 5.26 Å². The molecule has 0 saturated carbocycles. The first-order valence-electron chi connectivity index (χ1n) is 9.28. The fourth-order valence-corrected chi connectivity index (χ4v) is 3.64. The first-order valence-corrected chi connectivity index (χ1v) is 9.28. The van der Waals surface area contributed by atoms with Gasteiger partial charge >= 0.3 is 0 Å². The maximum atomic E-state index is 10.9. The highest BCUT2D eigenvalue weighted by Gasteiger charge is 2.17. The third-order valence-corrected chi connectivity index (χ3v) is 5.06. The highest BCUT2D eigenvalue weighted by molar-refractivity contribution is 5.61. The van der Waals surface area contributed by atoms with E-state index in [0.29, 0.717) is 12.2 Å². The van der Waals surface area contributed by atoms with Crippen LogP contribution >= 0.6 is 0 Å². The van der Waals surface area contributed by atoms with Crippen LogP contribution in [0.2, 0.25) is 0 Å². The van der Waals surface area contributed by atoms with Gasteiger partial charge in [0.1, 0.15) is 6.07 Å². The predicted octanol–water partition coefficient (Wildman–Crippen LogP) is 4.31. The molecule has 2 aromatic rings. The van der Waals surface area contributed by atoms with Gasteiger partial charge in [0.2, 0.25) is 0 Å². The van der Waals surface area contributed by atoms with Gasteiger partial charge in [0.05, 0.1) is 16.2 Å². The minimum atomic E-state index is -0.487. The minimum Gasteiger partial charge on any atom is -0.380 e. The molecule has 2 aromatic carbocycles. The molecule has 0 bridgehead atoms. The molecule has 0 aromatic heterocycles. The summed E-state index contributed by atoms with van der Waals surface area (Å²) in [7, 11) is 0. The Hall–Kier alpha value is -2.91. The first-order chi connectivity index (χ1) is 13.1. The van der Waals surface area contributed by atoms with Crippen molar-refractivity contribution in [3.8, 4) is 6.07 Å². The first kappa shape index (κ1) is 18.9. The lowest BCUT2D eigenvalue weighted by Crippen LogP contribution is -2.34. The van der Waals surface area contributed by atoms with Crippen LogP contribution in [-0.4, -0.2) is 22.9 Å². The Morgan fingerprint density at radius 3 is 2.78 bits per heavy atom. The van der Waals surface area contributed by atoms with Crippen LogP contribution in [0.3, 0.4) is 0 Å². The second-order valence-corrected chi connectivity index (χ2v) is 7.20. The Bertz CT molecular complexity index is 860. The predicted molar refractivity (Wildman–Crippen MR) is 105 cm³/mol. The lowest BCUT2D eigenvalue weighted by molar-refractivity contribution is -0.384. The van der Waals surface area contributed by atoms with Gasteiger partial charge in [-0.1, -0.05) is 31.2 Å². The molecule has 0 spiro atoms. The van der Waals surface area contributed by atoms with Gasteiger partial charge in [0.15, 0.2) is 0 Å². The molecule has 1 aliphatic rings. The molecule has 140 valence electrons. The van der Waals surface area contributed by atoms with Crippen molar-refractivity contribution in [3.63, 3.8) is 0 Å². The van der Waals surface area contributed by atoms with Crippen LogP contribution in [-0.2, 0) is 13.1 Å². The lowest BCUT2D eigenvalue weighted by Gasteiger charge is -2.31. The van der Waals surface area contributed by atoms with Crippen LogP contribution in [0.5, 0.6) is 0 Å².